The summed E-state index contributed by atoms with van der Waals surface area (Å²) in [6.45, 7) is 6.23. The number of hydrogen-bond acceptors (Lipinski definition) is 2. The number of hydrogen-bond donors (Lipinski definition) is 0. The number of aryl methyl sites for hydroxylation is 1. The number of ether oxygens (including phenoxy) is 2. The van der Waals surface area contributed by atoms with Gasteiger partial charge in [-0.3, -0.25) is 0 Å². The van der Waals surface area contributed by atoms with Crippen LogP contribution in [-0.4, -0.2) is 19.3 Å². The molecule has 1 rings (SSSR count). The van der Waals surface area contributed by atoms with Crippen molar-refractivity contribution < 1.29 is 13.9 Å². The summed E-state index contributed by atoms with van der Waals surface area (Å²) in [7, 11) is 1.67. The van der Waals surface area contributed by atoms with Crippen LogP contribution >= 0.6 is 0 Å². The van der Waals surface area contributed by atoms with Gasteiger partial charge in [-0.05, 0) is 32.4 Å². The molecule has 0 aliphatic carbocycles. The van der Waals surface area contributed by atoms with Gasteiger partial charge in [-0.1, -0.05) is 6.07 Å². The summed E-state index contributed by atoms with van der Waals surface area (Å²) >= 11 is 0. The van der Waals surface area contributed by atoms with E-state index in [2.05, 4.69) is 0 Å². The van der Waals surface area contributed by atoms with Gasteiger partial charge in [0.15, 0.2) is 0 Å². The molecule has 1 aromatic carbocycles. The van der Waals surface area contributed by atoms with Gasteiger partial charge in [0.2, 0.25) is 0 Å². The Morgan fingerprint density at radius 3 is 2.56 bits per heavy atom. The van der Waals surface area contributed by atoms with Crippen molar-refractivity contribution in [3.8, 4) is 5.75 Å². The van der Waals surface area contributed by atoms with E-state index in [0.29, 0.717) is 17.9 Å². The molecule has 0 saturated heterocycles. The van der Waals surface area contributed by atoms with Gasteiger partial charge in [0, 0.05) is 19.6 Å². The SMILES string of the molecule is COC(C)(C)CCOc1ccc(C)c(F)c1. The third-order valence-electron chi connectivity index (χ3n) is 2.67. The van der Waals surface area contributed by atoms with Gasteiger partial charge in [-0.15, -0.1) is 0 Å². The third kappa shape index (κ3) is 3.81. The smallest absolute Gasteiger partial charge is 0.129 e. The van der Waals surface area contributed by atoms with Crippen molar-refractivity contribution in [3.05, 3.63) is 29.6 Å². The molecule has 0 saturated carbocycles. The quantitative estimate of drug-likeness (QED) is 0.766. The van der Waals surface area contributed by atoms with Crippen LogP contribution in [0.4, 0.5) is 4.39 Å². The zero-order valence-electron chi connectivity index (χ0n) is 10.3. The second kappa shape index (κ2) is 5.30. The van der Waals surface area contributed by atoms with Crippen LogP contribution < -0.4 is 4.74 Å². The Morgan fingerprint density at radius 2 is 2.00 bits per heavy atom. The van der Waals surface area contributed by atoms with Gasteiger partial charge < -0.3 is 9.47 Å². The maximum atomic E-state index is 13.2. The molecule has 90 valence electrons. The van der Waals surface area contributed by atoms with Crippen LogP contribution in [0.15, 0.2) is 18.2 Å². The van der Waals surface area contributed by atoms with Crippen LogP contribution in [0.2, 0.25) is 0 Å². The summed E-state index contributed by atoms with van der Waals surface area (Å²) in [4.78, 5) is 0. The second-order valence-electron chi connectivity index (χ2n) is 4.47. The molecule has 0 amide bonds. The Balaban J connectivity index is 2.46. The van der Waals surface area contributed by atoms with Crippen molar-refractivity contribution in [2.75, 3.05) is 13.7 Å². The molecule has 1 aromatic rings. The van der Waals surface area contributed by atoms with Gasteiger partial charge >= 0.3 is 0 Å². The average molecular weight is 226 g/mol. The van der Waals surface area contributed by atoms with Gasteiger partial charge in [0.25, 0.3) is 0 Å². The van der Waals surface area contributed by atoms with Crippen LogP contribution in [0, 0.1) is 12.7 Å². The predicted molar refractivity (Wildman–Crippen MR) is 62.3 cm³/mol. The fourth-order valence-corrected chi connectivity index (χ4v) is 1.18. The average Bonchev–Trinajstić information content (AvgIpc) is 2.23. The Morgan fingerprint density at radius 1 is 1.31 bits per heavy atom. The molecule has 2 nitrogen and oxygen atoms in total. The van der Waals surface area contributed by atoms with Crippen molar-refractivity contribution in [1.82, 2.24) is 0 Å². The van der Waals surface area contributed by atoms with E-state index < -0.39 is 0 Å². The van der Waals surface area contributed by atoms with Crippen molar-refractivity contribution >= 4 is 0 Å². The molecule has 0 radical (unpaired) electrons. The number of methoxy groups -OCH3 is 1. The third-order valence-corrected chi connectivity index (χ3v) is 2.67. The predicted octanol–water partition coefficient (Wildman–Crippen LogP) is 3.33. The van der Waals surface area contributed by atoms with Crippen LogP contribution in [0.25, 0.3) is 0 Å². The van der Waals surface area contributed by atoms with Gasteiger partial charge in [0.1, 0.15) is 11.6 Å². The largest absolute Gasteiger partial charge is 0.493 e. The number of halogens is 1. The fourth-order valence-electron chi connectivity index (χ4n) is 1.18. The molecule has 0 spiro atoms. The van der Waals surface area contributed by atoms with E-state index in [-0.39, 0.29) is 11.4 Å². The Hall–Kier alpha value is -1.09. The van der Waals surface area contributed by atoms with Crippen LogP contribution in [0.3, 0.4) is 0 Å². The molecule has 0 aliphatic heterocycles. The maximum absolute atomic E-state index is 13.2. The highest BCUT2D eigenvalue weighted by Crippen LogP contribution is 2.18. The van der Waals surface area contributed by atoms with Crippen LogP contribution in [0.1, 0.15) is 25.8 Å². The summed E-state index contributed by atoms with van der Waals surface area (Å²) in [5, 5.41) is 0. The van der Waals surface area contributed by atoms with E-state index in [0.717, 1.165) is 6.42 Å². The van der Waals surface area contributed by atoms with Gasteiger partial charge in [0.05, 0.1) is 12.2 Å². The molecule has 0 bridgehead atoms. The maximum Gasteiger partial charge on any atom is 0.129 e. The van der Waals surface area contributed by atoms with Crippen molar-refractivity contribution in [2.24, 2.45) is 0 Å². The van der Waals surface area contributed by atoms with Gasteiger partial charge in [-0.2, -0.15) is 0 Å². The van der Waals surface area contributed by atoms with Crippen molar-refractivity contribution in [1.29, 1.82) is 0 Å². The molecule has 0 aliphatic rings. The Kier molecular flexibility index (Phi) is 4.30. The molecular weight excluding hydrogens is 207 g/mol. The van der Waals surface area contributed by atoms with E-state index in [1.54, 1.807) is 26.2 Å². The second-order valence-corrected chi connectivity index (χ2v) is 4.47. The summed E-state index contributed by atoms with van der Waals surface area (Å²) in [5.74, 6) is 0.332. The first-order valence-electron chi connectivity index (χ1n) is 5.39. The fraction of sp³-hybridized carbons (Fsp3) is 0.538. The first-order chi connectivity index (χ1) is 7.44. The molecule has 3 heteroatoms. The van der Waals surface area contributed by atoms with E-state index >= 15 is 0 Å². The Labute approximate surface area is 96.4 Å². The zero-order chi connectivity index (χ0) is 12.2. The minimum atomic E-state index is -0.233. The lowest BCUT2D eigenvalue weighted by Gasteiger charge is -2.22. The first-order valence-corrected chi connectivity index (χ1v) is 5.39. The van der Waals surface area contributed by atoms with E-state index in [1.807, 2.05) is 13.8 Å². The normalized spacial score (nSPS) is 11.6. The molecule has 0 atom stereocenters. The monoisotopic (exact) mass is 226 g/mol. The van der Waals surface area contributed by atoms with E-state index in [9.17, 15) is 4.39 Å². The lowest BCUT2D eigenvalue weighted by atomic mass is 10.1. The molecule has 0 fully saturated rings. The first kappa shape index (κ1) is 13.0. The molecule has 0 heterocycles. The Bertz CT molecular complexity index is 348. The number of benzene rings is 1. The lowest BCUT2D eigenvalue weighted by Crippen LogP contribution is -2.25. The highest BCUT2D eigenvalue weighted by Gasteiger charge is 2.15. The topological polar surface area (TPSA) is 18.5 Å². The molecule has 0 unspecified atom stereocenters. The highest BCUT2D eigenvalue weighted by molar-refractivity contribution is 5.27. The van der Waals surface area contributed by atoms with Crippen LogP contribution in [-0.2, 0) is 4.74 Å². The summed E-state index contributed by atoms with van der Waals surface area (Å²) in [6, 6.07) is 4.90. The zero-order valence-corrected chi connectivity index (χ0v) is 10.3. The molecule has 16 heavy (non-hydrogen) atoms. The van der Waals surface area contributed by atoms with E-state index in [1.165, 1.54) is 6.07 Å². The molecular formula is C13H19FO2. The molecule has 0 aromatic heterocycles. The molecule has 0 N–H and O–H groups in total. The van der Waals surface area contributed by atoms with E-state index in [4.69, 9.17) is 9.47 Å². The number of rotatable bonds is 5. The van der Waals surface area contributed by atoms with Crippen molar-refractivity contribution in [3.63, 3.8) is 0 Å². The lowest BCUT2D eigenvalue weighted by molar-refractivity contribution is 0.00544. The minimum Gasteiger partial charge on any atom is -0.493 e. The van der Waals surface area contributed by atoms with Crippen LogP contribution in [0.5, 0.6) is 5.75 Å². The standard InChI is InChI=1S/C13H19FO2/c1-10-5-6-11(9-12(10)14)16-8-7-13(2,3)15-4/h5-6,9H,7-8H2,1-4H3. The minimum absolute atomic E-state index is 0.205. The van der Waals surface area contributed by atoms with Crippen molar-refractivity contribution in [2.45, 2.75) is 32.8 Å². The van der Waals surface area contributed by atoms with Gasteiger partial charge in [-0.25, -0.2) is 4.39 Å². The summed E-state index contributed by atoms with van der Waals surface area (Å²) in [5.41, 5.74) is 0.424. The highest BCUT2D eigenvalue weighted by atomic mass is 19.1. The summed E-state index contributed by atoms with van der Waals surface area (Å²) in [6.07, 6.45) is 0.763. The summed E-state index contributed by atoms with van der Waals surface area (Å²) < 4.78 is 23.9.